The molecule has 9 heteroatoms. The zero-order chi connectivity index (χ0) is 19.0. The molecule has 1 aliphatic rings. The number of hydrogen-bond donors (Lipinski definition) is 3. The van der Waals surface area contributed by atoms with Gasteiger partial charge in [0.1, 0.15) is 11.3 Å². The van der Waals surface area contributed by atoms with Crippen LogP contribution in [0.4, 0.5) is 5.69 Å². The van der Waals surface area contributed by atoms with E-state index < -0.39 is 5.97 Å². The minimum atomic E-state index is -1.00. The molecule has 1 fully saturated rings. The van der Waals surface area contributed by atoms with Crippen molar-refractivity contribution in [2.24, 2.45) is 0 Å². The van der Waals surface area contributed by atoms with Crippen LogP contribution in [0.5, 0.6) is 11.5 Å². The van der Waals surface area contributed by atoms with Gasteiger partial charge < -0.3 is 14.6 Å². The molecule has 2 aromatic heterocycles. The quantitative estimate of drug-likeness (QED) is 0.499. The summed E-state index contributed by atoms with van der Waals surface area (Å²) >= 11 is 7.76. The van der Waals surface area contributed by atoms with Crippen LogP contribution in [-0.4, -0.2) is 26.7 Å². The van der Waals surface area contributed by atoms with Crippen LogP contribution in [0.25, 0.3) is 5.52 Å². The van der Waals surface area contributed by atoms with E-state index in [1.54, 1.807) is 31.3 Å². The van der Waals surface area contributed by atoms with Crippen molar-refractivity contribution in [2.75, 3.05) is 4.72 Å². The van der Waals surface area contributed by atoms with Crippen molar-refractivity contribution >= 4 is 40.9 Å². The van der Waals surface area contributed by atoms with Crippen LogP contribution in [0.2, 0.25) is 5.02 Å². The third-order valence-electron chi connectivity index (χ3n) is 4.25. The fraction of sp³-hybridized carbons (Fsp3) is 0.222. The lowest BCUT2D eigenvalue weighted by molar-refractivity contribution is 0.0696. The summed E-state index contributed by atoms with van der Waals surface area (Å²) in [5.74, 6) is 0.0626. The second-order valence-corrected chi connectivity index (χ2v) is 7.35. The first-order chi connectivity index (χ1) is 13.0. The van der Waals surface area contributed by atoms with Crippen molar-refractivity contribution in [3.63, 3.8) is 0 Å². The number of nitrogens with one attached hydrogen (secondary N) is 2. The number of carboxylic acids is 1. The van der Waals surface area contributed by atoms with Gasteiger partial charge in [-0.15, -0.1) is 0 Å². The maximum atomic E-state index is 11.4. The molecule has 0 amide bonds. The molecule has 0 atom stereocenters. The first-order valence-electron chi connectivity index (χ1n) is 8.38. The molecule has 1 aliphatic carbocycles. The van der Waals surface area contributed by atoms with E-state index in [9.17, 15) is 9.90 Å². The van der Waals surface area contributed by atoms with Crippen LogP contribution in [0, 0.1) is 6.92 Å². The van der Waals surface area contributed by atoms with Crippen LogP contribution in [-0.2, 0) is 0 Å². The first-order valence-corrected chi connectivity index (χ1v) is 9.57. The van der Waals surface area contributed by atoms with Crippen LogP contribution < -0.4 is 14.2 Å². The molecule has 4 rings (SSSR count). The molecule has 27 heavy (non-hydrogen) atoms. The number of benzene rings is 1. The van der Waals surface area contributed by atoms with Gasteiger partial charge in [0.15, 0.2) is 5.75 Å². The van der Waals surface area contributed by atoms with Gasteiger partial charge in [-0.1, -0.05) is 11.6 Å². The summed E-state index contributed by atoms with van der Waals surface area (Å²) in [5.41, 5.74) is 2.18. The standard InChI is InChI=1S/C18H17ClN4O3S/c1-10-13(18(24)25)9-23-17(10)16(6-7-20-23)26-12-4-5-15(14(19)8-12)22-27-21-11-2-3-11/h4-9,11,21-22H,2-3H2,1H3,(H,24,25). The molecule has 0 aliphatic heterocycles. The molecule has 0 spiro atoms. The molecule has 0 saturated heterocycles. The van der Waals surface area contributed by atoms with E-state index in [1.807, 2.05) is 6.07 Å². The van der Waals surface area contributed by atoms with Gasteiger partial charge in [-0.2, -0.15) is 5.10 Å². The first kappa shape index (κ1) is 18.0. The SMILES string of the molecule is Cc1c(C(=O)O)cn2nccc(Oc3ccc(NSNC4CC4)c(Cl)c3)c12. The molecule has 1 aromatic carbocycles. The Morgan fingerprint density at radius 3 is 2.93 bits per heavy atom. The van der Waals surface area contributed by atoms with Gasteiger partial charge in [0, 0.05) is 36.5 Å². The number of aromatic carboxylic acids is 1. The van der Waals surface area contributed by atoms with Crippen molar-refractivity contribution in [1.82, 2.24) is 14.3 Å². The number of fused-ring (bicyclic) bond motifs is 1. The van der Waals surface area contributed by atoms with Crippen molar-refractivity contribution in [1.29, 1.82) is 0 Å². The Labute approximate surface area is 164 Å². The second-order valence-electron chi connectivity index (χ2n) is 6.30. The van der Waals surface area contributed by atoms with Gasteiger partial charge >= 0.3 is 5.97 Å². The van der Waals surface area contributed by atoms with Gasteiger partial charge in [0.2, 0.25) is 0 Å². The Morgan fingerprint density at radius 1 is 1.41 bits per heavy atom. The lowest BCUT2D eigenvalue weighted by atomic mass is 10.2. The fourth-order valence-corrected chi connectivity index (χ4v) is 3.68. The number of anilines is 1. The Balaban J connectivity index is 1.56. The minimum Gasteiger partial charge on any atom is -0.478 e. The topological polar surface area (TPSA) is 87.9 Å². The lowest BCUT2D eigenvalue weighted by Gasteiger charge is -2.11. The average Bonchev–Trinajstić information content (AvgIpc) is 3.39. The van der Waals surface area contributed by atoms with E-state index in [0.717, 1.165) is 5.69 Å². The zero-order valence-electron chi connectivity index (χ0n) is 14.4. The van der Waals surface area contributed by atoms with Crippen LogP contribution in [0.15, 0.2) is 36.7 Å². The molecule has 140 valence electrons. The molecular weight excluding hydrogens is 388 g/mol. The third-order valence-corrected chi connectivity index (χ3v) is 5.34. The molecule has 2 heterocycles. The molecule has 0 radical (unpaired) electrons. The van der Waals surface area contributed by atoms with E-state index in [1.165, 1.54) is 35.7 Å². The van der Waals surface area contributed by atoms with E-state index in [0.29, 0.717) is 33.6 Å². The molecule has 0 bridgehead atoms. The zero-order valence-corrected chi connectivity index (χ0v) is 16.0. The number of aryl methyl sites for hydroxylation is 1. The summed E-state index contributed by atoms with van der Waals surface area (Å²) in [7, 11) is 0. The summed E-state index contributed by atoms with van der Waals surface area (Å²) in [5, 5.41) is 14.0. The highest BCUT2D eigenvalue weighted by Gasteiger charge is 2.21. The Bertz CT molecular complexity index is 1020. The molecular formula is C18H17ClN4O3S. The molecule has 3 N–H and O–H groups in total. The van der Waals surface area contributed by atoms with E-state index >= 15 is 0 Å². The van der Waals surface area contributed by atoms with E-state index in [4.69, 9.17) is 16.3 Å². The van der Waals surface area contributed by atoms with Gasteiger partial charge in [-0.3, -0.25) is 0 Å². The maximum Gasteiger partial charge on any atom is 0.337 e. The summed E-state index contributed by atoms with van der Waals surface area (Å²) in [6.45, 7) is 1.73. The summed E-state index contributed by atoms with van der Waals surface area (Å²) in [6.07, 6.45) is 5.45. The predicted molar refractivity (Wildman–Crippen MR) is 106 cm³/mol. The van der Waals surface area contributed by atoms with Crippen LogP contribution in [0.1, 0.15) is 28.8 Å². The number of hydrogen-bond acceptors (Lipinski definition) is 6. The number of nitrogens with zero attached hydrogens (tertiary/aromatic N) is 2. The van der Waals surface area contributed by atoms with Crippen molar-refractivity contribution in [2.45, 2.75) is 25.8 Å². The Kier molecular flexibility index (Phi) is 4.86. The number of aromatic nitrogens is 2. The maximum absolute atomic E-state index is 11.4. The fourth-order valence-electron chi connectivity index (χ4n) is 2.66. The van der Waals surface area contributed by atoms with Crippen molar-refractivity contribution in [3.05, 3.63) is 52.8 Å². The highest BCUT2D eigenvalue weighted by atomic mass is 35.5. The predicted octanol–water partition coefficient (Wildman–Crippen LogP) is 4.51. The number of rotatable bonds is 7. The van der Waals surface area contributed by atoms with Gasteiger partial charge in [0.25, 0.3) is 0 Å². The highest BCUT2D eigenvalue weighted by molar-refractivity contribution is 7.98. The Hall–Kier alpha value is -2.42. The smallest absolute Gasteiger partial charge is 0.337 e. The van der Waals surface area contributed by atoms with Crippen molar-refractivity contribution in [3.8, 4) is 11.5 Å². The van der Waals surface area contributed by atoms with Crippen molar-refractivity contribution < 1.29 is 14.6 Å². The highest BCUT2D eigenvalue weighted by Crippen LogP contribution is 2.34. The number of carbonyl (C=O) groups is 1. The van der Waals surface area contributed by atoms with E-state index in [2.05, 4.69) is 14.5 Å². The lowest BCUT2D eigenvalue weighted by Crippen LogP contribution is -2.08. The normalized spacial score (nSPS) is 13.7. The number of ether oxygens (including phenoxy) is 1. The van der Waals surface area contributed by atoms with Gasteiger partial charge in [-0.05, 0) is 37.5 Å². The van der Waals surface area contributed by atoms with Crippen LogP contribution >= 0.6 is 23.7 Å². The average molecular weight is 405 g/mol. The Morgan fingerprint density at radius 2 is 2.22 bits per heavy atom. The van der Waals surface area contributed by atoms with E-state index in [-0.39, 0.29) is 5.56 Å². The summed E-state index contributed by atoms with van der Waals surface area (Å²) in [4.78, 5) is 11.4. The number of halogens is 1. The third kappa shape index (κ3) is 3.83. The number of carboxylic acid groups (broad SMARTS) is 1. The summed E-state index contributed by atoms with van der Waals surface area (Å²) < 4.78 is 13.9. The largest absolute Gasteiger partial charge is 0.478 e. The van der Waals surface area contributed by atoms with Gasteiger partial charge in [0.05, 0.1) is 22.5 Å². The molecule has 7 nitrogen and oxygen atoms in total. The van der Waals surface area contributed by atoms with Gasteiger partial charge in [-0.25, -0.2) is 14.0 Å². The minimum absolute atomic E-state index is 0.191. The monoisotopic (exact) mass is 404 g/mol. The molecule has 0 unspecified atom stereocenters. The molecule has 1 saturated carbocycles. The summed E-state index contributed by atoms with van der Waals surface area (Å²) in [6, 6.07) is 7.64. The second kappa shape index (κ2) is 7.30. The van der Waals surface area contributed by atoms with Crippen LogP contribution in [0.3, 0.4) is 0 Å². The molecule has 3 aromatic rings.